The van der Waals surface area contributed by atoms with Crippen molar-refractivity contribution in [1.29, 1.82) is 0 Å². The quantitative estimate of drug-likeness (QED) is 0.467. The molecular weight excluding hydrogens is 370 g/mol. The summed E-state index contributed by atoms with van der Waals surface area (Å²) in [6.07, 6.45) is -3.43. The van der Waals surface area contributed by atoms with Gasteiger partial charge in [0.15, 0.2) is 6.29 Å². The standard InChI is InChI=1S/C19H33NO8/c1-8-13(21)14(22)15(23)19(27-8)28-11-5-4-9-12(17(11)25-3)20-18-10(6-7-26-18)16(9)24-2/h8-23H,4-7H2,1-3H3. The Balaban J connectivity index is 1.48. The maximum atomic E-state index is 10.3. The maximum absolute atomic E-state index is 10.3. The van der Waals surface area contributed by atoms with Gasteiger partial charge >= 0.3 is 0 Å². The van der Waals surface area contributed by atoms with Crippen LogP contribution in [0.5, 0.6) is 0 Å². The van der Waals surface area contributed by atoms with E-state index in [9.17, 15) is 15.3 Å². The van der Waals surface area contributed by atoms with Gasteiger partial charge in [-0.1, -0.05) is 0 Å². The predicted octanol–water partition coefficient (Wildman–Crippen LogP) is -1.03. The van der Waals surface area contributed by atoms with Crippen LogP contribution in [-0.2, 0) is 23.7 Å². The molecule has 28 heavy (non-hydrogen) atoms. The van der Waals surface area contributed by atoms with Crippen LogP contribution in [0.3, 0.4) is 0 Å². The van der Waals surface area contributed by atoms with E-state index in [4.69, 9.17) is 23.7 Å². The molecule has 3 heterocycles. The maximum Gasteiger partial charge on any atom is 0.186 e. The van der Waals surface area contributed by atoms with Gasteiger partial charge in [-0.2, -0.15) is 0 Å². The molecule has 4 rings (SSSR count). The fourth-order valence-corrected chi connectivity index (χ4v) is 5.48. The molecule has 3 saturated heterocycles. The second-order valence-corrected chi connectivity index (χ2v) is 8.43. The molecule has 12 atom stereocenters. The van der Waals surface area contributed by atoms with E-state index in [1.807, 2.05) is 0 Å². The van der Waals surface area contributed by atoms with E-state index in [0.717, 1.165) is 25.9 Å². The van der Waals surface area contributed by atoms with Crippen LogP contribution < -0.4 is 5.32 Å². The summed E-state index contributed by atoms with van der Waals surface area (Å²) >= 11 is 0. The summed E-state index contributed by atoms with van der Waals surface area (Å²) in [6, 6.07) is -0.0123. The van der Waals surface area contributed by atoms with Gasteiger partial charge in [-0.3, -0.25) is 5.32 Å². The molecule has 4 N–H and O–H groups in total. The minimum absolute atomic E-state index is 0.0123. The lowest BCUT2D eigenvalue weighted by molar-refractivity contribution is -0.316. The lowest BCUT2D eigenvalue weighted by Crippen LogP contribution is -2.67. The van der Waals surface area contributed by atoms with Crippen molar-refractivity contribution in [1.82, 2.24) is 5.32 Å². The van der Waals surface area contributed by atoms with Crippen LogP contribution >= 0.6 is 0 Å². The van der Waals surface area contributed by atoms with E-state index in [1.54, 1.807) is 21.1 Å². The van der Waals surface area contributed by atoms with Gasteiger partial charge in [-0.05, 0) is 26.2 Å². The first-order valence-electron chi connectivity index (χ1n) is 10.2. The lowest BCUT2D eigenvalue weighted by atomic mass is 9.70. The van der Waals surface area contributed by atoms with Gasteiger partial charge in [0.05, 0.1) is 24.4 Å². The van der Waals surface area contributed by atoms with Crippen LogP contribution in [-0.4, -0.2) is 97.4 Å². The summed E-state index contributed by atoms with van der Waals surface area (Å²) in [6.45, 7) is 2.36. The second kappa shape index (κ2) is 8.41. The van der Waals surface area contributed by atoms with Crippen molar-refractivity contribution in [2.24, 2.45) is 11.8 Å². The lowest BCUT2D eigenvalue weighted by Gasteiger charge is -2.52. The third kappa shape index (κ3) is 3.51. The summed E-state index contributed by atoms with van der Waals surface area (Å²) in [7, 11) is 3.40. The molecule has 4 aliphatic rings. The molecule has 1 aliphatic carbocycles. The summed E-state index contributed by atoms with van der Waals surface area (Å²) in [4.78, 5) is 0. The predicted molar refractivity (Wildman–Crippen MR) is 96.3 cm³/mol. The van der Waals surface area contributed by atoms with Gasteiger partial charge in [0, 0.05) is 38.7 Å². The number of fused-ring (bicyclic) bond motifs is 2. The Morgan fingerprint density at radius 3 is 2.36 bits per heavy atom. The average Bonchev–Trinajstić information content (AvgIpc) is 3.16. The highest BCUT2D eigenvalue weighted by Crippen LogP contribution is 2.42. The highest BCUT2D eigenvalue weighted by atomic mass is 16.7. The van der Waals surface area contributed by atoms with Crippen molar-refractivity contribution >= 4 is 0 Å². The van der Waals surface area contributed by atoms with Gasteiger partial charge < -0.3 is 39.0 Å². The topological polar surface area (TPSA) is 119 Å². The Hall–Kier alpha value is -0.360. The van der Waals surface area contributed by atoms with Crippen molar-refractivity contribution in [2.75, 3.05) is 20.8 Å². The average molecular weight is 403 g/mol. The van der Waals surface area contributed by atoms with E-state index < -0.39 is 30.7 Å². The number of rotatable bonds is 4. The van der Waals surface area contributed by atoms with Crippen molar-refractivity contribution in [3.63, 3.8) is 0 Å². The molecule has 0 amide bonds. The molecule has 0 radical (unpaired) electrons. The zero-order valence-corrected chi connectivity index (χ0v) is 16.6. The Morgan fingerprint density at radius 1 is 0.893 bits per heavy atom. The van der Waals surface area contributed by atoms with Crippen molar-refractivity contribution in [2.45, 2.75) is 87.5 Å². The Labute approximate surface area is 165 Å². The van der Waals surface area contributed by atoms with E-state index in [0.29, 0.717) is 5.92 Å². The molecule has 162 valence electrons. The highest BCUT2D eigenvalue weighted by molar-refractivity contribution is 5.05. The third-order valence-electron chi connectivity index (χ3n) is 6.97. The highest BCUT2D eigenvalue weighted by Gasteiger charge is 2.54. The van der Waals surface area contributed by atoms with Crippen LogP contribution in [0.15, 0.2) is 0 Å². The zero-order valence-electron chi connectivity index (χ0n) is 16.6. The van der Waals surface area contributed by atoms with Crippen molar-refractivity contribution < 1.29 is 39.0 Å². The number of aliphatic hydroxyl groups is 3. The number of ether oxygens (including phenoxy) is 5. The molecule has 0 aromatic heterocycles. The summed E-state index contributed by atoms with van der Waals surface area (Å²) in [5.74, 6) is 0.614. The molecular formula is C19H33NO8. The van der Waals surface area contributed by atoms with Crippen LogP contribution in [0, 0.1) is 11.8 Å². The number of aliphatic hydroxyl groups excluding tert-OH is 3. The Morgan fingerprint density at radius 2 is 1.64 bits per heavy atom. The molecule has 0 aromatic rings. The smallest absolute Gasteiger partial charge is 0.186 e. The first kappa shape index (κ1) is 20.9. The Kier molecular flexibility index (Phi) is 6.27. The molecule has 0 spiro atoms. The van der Waals surface area contributed by atoms with Gasteiger partial charge in [-0.25, -0.2) is 0 Å². The molecule has 9 heteroatoms. The molecule has 0 aromatic carbocycles. The minimum atomic E-state index is -1.32. The normalized spacial score (nSPS) is 54.2. The molecule has 1 saturated carbocycles. The summed E-state index contributed by atoms with van der Waals surface area (Å²) in [5, 5.41) is 33.8. The minimum Gasteiger partial charge on any atom is -0.388 e. The summed E-state index contributed by atoms with van der Waals surface area (Å²) < 4.78 is 29.2. The largest absolute Gasteiger partial charge is 0.388 e. The number of hydrogen-bond acceptors (Lipinski definition) is 9. The molecule has 4 fully saturated rings. The van der Waals surface area contributed by atoms with Gasteiger partial charge in [0.1, 0.15) is 24.5 Å². The Bertz CT molecular complexity index is 538. The van der Waals surface area contributed by atoms with Gasteiger partial charge in [-0.15, -0.1) is 0 Å². The van der Waals surface area contributed by atoms with E-state index in [-0.39, 0.29) is 36.5 Å². The molecule has 0 bridgehead atoms. The number of nitrogens with one attached hydrogen (secondary N) is 1. The fourth-order valence-electron chi connectivity index (χ4n) is 5.48. The molecule has 12 unspecified atom stereocenters. The van der Waals surface area contributed by atoms with Crippen LogP contribution in [0.2, 0.25) is 0 Å². The molecule has 9 nitrogen and oxygen atoms in total. The molecule has 3 aliphatic heterocycles. The fraction of sp³-hybridized carbons (Fsp3) is 1.00. The summed E-state index contributed by atoms with van der Waals surface area (Å²) in [5.41, 5.74) is 0. The number of hydrogen-bond donors (Lipinski definition) is 4. The monoisotopic (exact) mass is 403 g/mol. The first-order chi connectivity index (χ1) is 13.5. The number of piperidine rings is 1. The zero-order chi connectivity index (χ0) is 20.0. The third-order valence-corrected chi connectivity index (χ3v) is 6.97. The van der Waals surface area contributed by atoms with Crippen LogP contribution in [0.1, 0.15) is 26.2 Å². The first-order valence-corrected chi connectivity index (χ1v) is 10.2. The van der Waals surface area contributed by atoms with E-state index in [2.05, 4.69) is 5.32 Å². The van der Waals surface area contributed by atoms with Gasteiger partial charge in [0.2, 0.25) is 0 Å². The number of methoxy groups -OCH3 is 2. The van der Waals surface area contributed by atoms with E-state index in [1.165, 1.54) is 0 Å². The van der Waals surface area contributed by atoms with Gasteiger partial charge in [0.25, 0.3) is 0 Å². The van der Waals surface area contributed by atoms with Crippen LogP contribution in [0.25, 0.3) is 0 Å². The van der Waals surface area contributed by atoms with Crippen molar-refractivity contribution in [3.05, 3.63) is 0 Å². The van der Waals surface area contributed by atoms with E-state index >= 15 is 0 Å². The van der Waals surface area contributed by atoms with Crippen LogP contribution in [0.4, 0.5) is 0 Å². The SMILES string of the molecule is COC1C2CCOC2NC2C1CCC(OC1OC(C)C(O)C(O)C1O)C2OC. The second-order valence-electron chi connectivity index (χ2n) is 8.43. The van der Waals surface area contributed by atoms with Crippen molar-refractivity contribution in [3.8, 4) is 0 Å².